The largest absolute Gasteiger partial charge is 0.337 e. The summed E-state index contributed by atoms with van der Waals surface area (Å²) >= 11 is 6.15. The highest BCUT2D eigenvalue weighted by Gasteiger charge is 2.31. The number of rotatable bonds is 2. The van der Waals surface area contributed by atoms with Gasteiger partial charge in [-0.3, -0.25) is 9.48 Å². The number of aryl methyl sites for hydroxylation is 1. The maximum atomic E-state index is 13.0. The molecule has 0 unspecified atom stereocenters. The van der Waals surface area contributed by atoms with E-state index < -0.39 is 0 Å². The molecule has 148 valence electrons. The first-order valence-electron chi connectivity index (χ1n) is 9.69. The van der Waals surface area contributed by atoms with Gasteiger partial charge in [-0.15, -0.1) is 0 Å². The number of hydrogen-bond acceptors (Lipinski definition) is 3. The Kier molecular flexibility index (Phi) is 5.26. The Hall–Kier alpha value is -2.54. The molecule has 2 aromatic rings. The third kappa shape index (κ3) is 3.58. The second-order valence-electron chi connectivity index (χ2n) is 7.33. The topological polar surface area (TPSA) is 70.5 Å². The third-order valence-corrected chi connectivity index (χ3v) is 5.82. The Morgan fingerprint density at radius 1 is 1.07 bits per heavy atom. The fourth-order valence-electron chi connectivity index (χ4n) is 3.94. The zero-order chi connectivity index (χ0) is 19.7. The minimum Gasteiger partial charge on any atom is -0.337 e. The average Bonchev–Trinajstić information content (AvgIpc) is 3.06. The van der Waals surface area contributed by atoms with E-state index in [-0.39, 0.29) is 11.9 Å². The van der Waals surface area contributed by atoms with Crippen LogP contribution in [-0.4, -0.2) is 51.2 Å². The molecule has 28 heavy (non-hydrogen) atoms. The average molecular weight is 402 g/mol. The van der Waals surface area contributed by atoms with E-state index in [0.717, 1.165) is 37.2 Å². The maximum absolute atomic E-state index is 13.0. The number of carbonyl (C=O) groups excluding carboxylic acids is 2. The molecule has 3 heterocycles. The molecule has 0 atom stereocenters. The van der Waals surface area contributed by atoms with Crippen molar-refractivity contribution in [3.8, 4) is 0 Å². The zero-order valence-corrected chi connectivity index (χ0v) is 16.7. The van der Waals surface area contributed by atoms with Crippen LogP contribution >= 0.6 is 11.6 Å². The van der Waals surface area contributed by atoms with E-state index in [4.69, 9.17) is 11.6 Å². The highest BCUT2D eigenvalue weighted by molar-refractivity contribution is 6.33. The molecule has 0 bridgehead atoms. The van der Waals surface area contributed by atoms with Crippen molar-refractivity contribution in [1.82, 2.24) is 19.6 Å². The Bertz CT molecular complexity index is 904. The monoisotopic (exact) mass is 401 g/mol. The van der Waals surface area contributed by atoms with E-state index in [1.807, 2.05) is 24.1 Å². The Morgan fingerprint density at radius 3 is 2.57 bits per heavy atom. The van der Waals surface area contributed by atoms with Crippen LogP contribution in [0.4, 0.5) is 10.5 Å². The molecule has 0 radical (unpaired) electrons. The first-order valence-corrected chi connectivity index (χ1v) is 10.1. The van der Waals surface area contributed by atoms with Gasteiger partial charge in [-0.1, -0.05) is 23.7 Å². The maximum Gasteiger partial charge on any atom is 0.322 e. The van der Waals surface area contributed by atoms with Crippen molar-refractivity contribution in [3.63, 3.8) is 0 Å². The molecule has 8 heteroatoms. The van der Waals surface area contributed by atoms with Crippen LogP contribution in [-0.2, 0) is 20.0 Å². The number of nitrogens with zero attached hydrogens (tertiary/aromatic N) is 4. The summed E-state index contributed by atoms with van der Waals surface area (Å²) in [5, 5.41) is 7.86. The van der Waals surface area contributed by atoms with Crippen LogP contribution in [0.5, 0.6) is 0 Å². The van der Waals surface area contributed by atoms with Gasteiger partial charge in [0.05, 0.1) is 17.3 Å². The van der Waals surface area contributed by atoms with Crippen molar-refractivity contribution in [2.45, 2.75) is 32.2 Å². The van der Waals surface area contributed by atoms with Gasteiger partial charge in [0.15, 0.2) is 5.69 Å². The fraction of sp³-hybridized carbons (Fsp3) is 0.450. The van der Waals surface area contributed by atoms with Crippen LogP contribution < -0.4 is 5.32 Å². The minimum atomic E-state index is -0.223. The van der Waals surface area contributed by atoms with Gasteiger partial charge in [0, 0.05) is 44.4 Å². The smallest absolute Gasteiger partial charge is 0.322 e. The van der Waals surface area contributed by atoms with Crippen LogP contribution in [0.25, 0.3) is 0 Å². The van der Waals surface area contributed by atoms with Crippen LogP contribution in [0.2, 0.25) is 5.02 Å². The van der Waals surface area contributed by atoms with Gasteiger partial charge in [-0.2, -0.15) is 5.10 Å². The summed E-state index contributed by atoms with van der Waals surface area (Å²) in [7, 11) is 1.87. The molecule has 0 saturated carbocycles. The number of aromatic nitrogens is 2. The van der Waals surface area contributed by atoms with Crippen molar-refractivity contribution >= 4 is 29.2 Å². The number of benzene rings is 1. The molecule has 7 nitrogen and oxygen atoms in total. The summed E-state index contributed by atoms with van der Waals surface area (Å²) in [6.45, 7) is 2.50. The summed E-state index contributed by atoms with van der Waals surface area (Å²) in [5.41, 5.74) is 2.95. The number of fused-ring (bicyclic) bond motifs is 1. The lowest BCUT2D eigenvalue weighted by atomic mass is 10.0. The van der Waals surface area contributed by atoms with Crippen molar-refractivity contribution < 1.29 is 9.59 Å². The van der Waals surface area contributed by atoms with E-state index in [0.29, 0.717) is 35.9 Å². The summed E-state index contributed by atoms with van der Waals surface area (Å²) in [5.74, 6) is -0.0232. The molecule has 1 aromatic carbocycles. The van der Waals surface area contributed by atoms with Gasteiger partial charge in [0.25, 0.3) is 5.91 Å². The standard InChI is InChI=1S/C20H24ClN5O2/c1-24-17-9-12-26(20(28)22-16-8-4-3-7-15(16)21)13-14(17)18(23-24)19(27)25-10-5-2-6-11-25/h3-4,7-8H,2,5-6,9-13H2,1H3,(H,22,28). The number of piperidine rings is 1. The number of hydrogen-bond donors (Lipinski definition) is 1. The van der Waals surface area contributed by atoms with Crippen molar-refractivity contribution in [2.24, 2.45) is 7.05 Å². The molecule has 1 fully saturated rings. The number of halogens is 1. The molecular formula is C20H24ClN5O2. The molecule has 2 aliphatic heterocycles. The van der Waals surface area contributed by atoms with Gasteiger partial charge >= 0.3 is 6.03 Å². The number of amides is 3. The normalized spacial score (nSPS) is 16.6. The summed E-state index contributed by atoms with van der Waals surface area (Å²) in [6.07, 6.45) is 3.91. The number of likely N-dealkylation sites (tertiary alicyclic amines) is 1. The first-order chi connectivity index (χ1) is 13.5. The number of carbonyl (C=O) groups is 2. The van der Waals surface area contributed by atoms with Gasteiger partial charge < -0.3 is 15.1 Å². The second kappa shape index (κ2) is 7.83. The summed E-state index contributed by atoms with van der Waals surface area (Å²) in [6, 6.07) is 6.93. The lowest BCUT2D eigenvalue weighted by Gasteiger charge is -2.29. The quantitative estimate of drug-likeness (QED) is 0.839. The van der Waals surface area contributed by atoms with Crippen LogP contribution in [0.1, 0.15) is 41.0 Å². The van der Waals surface area contributed by atoms with Crippen LogP contribution in [0.15, 0.2) is 24.3 Å². The fourth-order valence-corrected chi connectivity index (χ4v) is 4.12. The van der Waals surface area contributed by atoms with E-state index in [1.54, 1.807) is 21.7 Å². The highest BCUT2D eigenvalue weighted by Crippen LogP contribution is 2.26. The Labute approximate surface area is 169 Å². The molecule has 1 saturated heterocycles. The van der Waals surface area contributed by atoms with Crippen LogP contribution in [0, 0.1) is 0 Å². The highest BCUT2D eigenvalue weighted by atomic mass is 35.5. The van der Waals surface area contributed by atoms with E-state index in [9.17, 15) is 9.59 Å². The first kappa shape index (κ1) is 18.8. The van der Waals surface area contributed by atoms with E-state index in [1.165, 1.54) is 6.42 Å². The molecule has 1 N–H and O–H groups in total. The molecular weight excluding hydrogens is 378 g/mol. The Balaban J connectivity index is 1.53. The predicted molar refractivity (Wildman–Crippen MR) is 108 cm³/mol. The Morgan fingerprint density at radius 2 is 1.82 bits per heavy atom. The second-order valence-corrected chi connectivity index (χ2v) is 7.74. The SMILES string of the molecule is Cn1nc(C(=O)N2CCCCC2)c2c1CCN(C(=O)Nc1ccccc1Cl)C2. The number of nitrogens with one attached hydrogen (secondary N) is 1. The third-order valence-electron chi connectivity index (χ3n) is 5.49. The molecule has 4 rings (SSSR count). The van der Waals surface area contributed by atoms with E-state index >= 15 is 0 Å². The van der Waals surface area contributed by atoms with Crippen molar-refractivity contribution in [3.05, 3.63) is 46.2 Å². The lowest BCUT2D eigenvalue weighted by Crippen LogP contribution is -2.40. The van der Waals surface area contributed by atoms with Crippen molar-refractivity contribution in [2.75, 3.05) is 25.0 Å². The molecule has 0 aliphatic carbocycles. The van der Waals surface area contributed by atoms with E-state index in [2.05, 4.69) is 10.4 Å². The summed E-state index contributed by atoms with van der Waals surface area (Å²) < 4.78 is 1.79. The predicted octanol–water partition coefficient (Wildman–Crippen LogP) is 3.29. The number of anilines is 1. The van der Waals surface area contributed by atoms with Crippen molar-refractivity contribution in [1.29, 1.82) is 0 Å². The molecule has 0 spiro atoms. The molecule has 1 aromatic heterocycles. The molecule has 2 aliphatic rings. The van der Waals surface area contributed by atoms with Gasteiger partial charge in [-0.05, 0) is 31.4 Å². The van der Waals surface area contributed by atoms with Gasteiger partial charge in [-0.25, -0.2) is 4.79 Å². The number of urea groups is 1. The zero-order valence-electron chi connectivity index (χ0n) is 15.9. The summed E-state index contributed by atoms with van der Waals surface area (Å²) in [4.78, 5) is 29.4. The van der Waals surface area contributed by atoms with Gasteiger partial charge in [0.1, 0.15) is 0 Å². The number of para-hydroxylation sites is 1. The van der Waals surface area contributed by atoms with Crippen LogP contribution in [0.3, 0.4) is 0 Å². The van der Waals surface area contributed by atoms with Gasteiger partial charge in [0.2, 0.25) is 0 Å². The molecule has 3 amide bonds. The lowest BCUT2D eigenvalue weighted by molar-refractivity contribution is 0.0715. The minimum absolute atomic E-state index is 0.0232.